The minimum atomic E-state index is -0.139. The first kappa shape index (κ1) is 22.9. The Morgan fingerprint density at radius 1 is 0.800 bits per heavy atom. The summed E-state index contributed by atoms with van der Waals surface area (Å²) in [6.07, 6.45) is 3.38. The fraction of sp³-hybridized carbons (Fsp3) is 0.0741. The van der Waals surface area contributed by atoms with E-state index in [2.05, 4.69) is 20.6 Å². The largest absolute Gasteiger partial charge is 0.366 e. The van der Waals surface area contributed by atoms with Crippen LogP contribution in [0.4, 0.5) is 11.6 Å². The molecule has 0 aliphatic rings. The second-order valence-corrected chi connectivity index (χ2v) is 8.86. The van der Waals surface area contributed by atoms with Crippen LogP contribution >= 0.6 is 23.2 Å². The summed E-state index contributed by atoms with van der Waals surface area (Å²) >= 11 is 12.0. The molecule has 0 unspecified atom stereocenters. The van der Waals surface area contributed by atoms with Crippen LogP contribution in [0.3, 0.4) is 0 Å². The van der Waals surface area contributed by atoms with Crippen LogP contribution in [0.15, 0.2) is 85.2 Å². The van der Waals surface area contributed by atoms with Crippen molar-refractivity contribution in [1.82, 2.24) is 15.0 Å². The molecule has 0 atom stereocenters. The Kier molecular flexibility index (Phi) is 6.66. The molecule has 0 bridgehead atoms. The Balaban J connectivity index is 1.44. The third kappa shape index (κ3) is 5.29. The SMILES string of the molecule is O=C(c1ccc(NCc2ccc(Cl)cc2)nc1NCc1ccc(Cl)cc1)c1c[nH]c2ncccc12. The highest BCUT2D eigenvalue weighted by Crippen LogP contribution is 2.25. The molecule has 174 valence electrons. The summed E-state index contributed by atoms with van der Waals surface area (Å²) in [5, 5.41) is 8.78. The van der Waals surface area contributed by atoms with E-state index in [4.69, 9.17) is 28.2 Å². The minimum absolute atomic E-state index is 0.139. The second kappa shape index (κ2) is 10.2. The van der Waals surface area contributed by atoms with Crippen molar-refractivity contribution in [3.63, 3.8) is 0 Å². The van der Waals surface area contributed by atoms with Crippen LogP contribution in [0.5, 0.6) is 0 Å². The molecule has 3 heterocycles. The van der Waals surface area contributed by atoms with E-state index in [9.17, 15) is 4.79 Å². The highest BCUT2D eigenvalue weighted by atomic mass is 35.5. The van der Waals surface area contributed by atoms with Crippen LogP contribution in [0.2, 0.25) is 10.0 Å². The Labute approximate surface area is 212 Å². The van der Waals surface area contributed by atoms with Crippen LogP contribution in [-0.2, 0) is 13.1 Å². The molecule has 6 nitrogen and oxygen atoms in total. The lowest BCUT2D eigenvalue weighted by atomic mass is 10.0. The third-order valence-electron chi connectivity index (χ3n) is 5.60. The number of halogens is 2. The van der Waals surface area contributed by atoms with Crippen molar-refractivity contribution in [2.75, 3.05) is 10.6 Å². The number of nitrogens with one attached hydrogen (secondary N) is 3. The van der Waals surface area contributed by atoms with Crippen molar-refractivity contribution >= 4 is 51.7 Å². The van der Waals surface area contributed by atoms with Gasteiger partial charge >= 0.3 is 0 Å². The van der Waals surface area contributed by atoms with Gasteiger partial charge in [-0.2, -0.15) is 0 Å². The number of anilines is 2. The van der Waals surface area contributed by atoms with Gasteiger partial charge in [-0.1, -0.05) is 47.5 Å². The molecule has 0 fully saturated rings. The lowest BCUT2D eigenvalue weighted by Crippen LogP contribution is -2.11. The first-order valence-corrected chi connectivity index (χ1v) is 11.8. The molecule has 35 heavy (non-hydrogen) atoms. The minimum Gasteiger partial charge on any atom is -0.366 e. The number of aromatic amines is 1. The average molecular weight is 502 g/mol. The van der Waals surface area contributed by atoms with E-state index in [-0.39, 0.29) is 5.78 Å². The number of aromatic nitrogens is 3. The first-order chi connectivity index (χ1) is 17.1. The number of ketones is 1. The number of hydrogen-bond acceptors (Lipinski definition) is 5. The Morgan fingerprint density at radius 3 is 2.14 bits per heavy atom. The van der Waals surface area contributed by atoms with Crippen molar-refractivity contribution in [3.05, 3.63) is 117 Å². The number of pyridine rings is 2. The first-order valence-electron chi connectivity index (χ1n) is 11.0. The molecule has 5 aromatic rings. The van der Waals surface area contributed by atoms with Gasteiger partial charge in [0.15, 0.2) is 5.78 Å². The Morgan fingerprint density at radius 2 is 1.46 bits per heavy atom. The lowest BCUT2D eigenvalue weighted by Gasteiger charge is -2.14. The second-order valence-electron chi connectivity index (χ2n) is 7.98. The van der Waals surface area contributed by atoms with Crippen LogP contribution in [0.25, 0.3) is 11.0 Å². The van der Waals surface area contributed by atoms with Crippen molar-refractivity contribution < 1.29 is 4.79 Å². The van der Waals surface area contributed by atoms with Crippen molar-refractivity contribution in [2.24, 2.45) is 0 Å². The number of nitrogens with zero attached hydrogens (tertiary/aromatic N) is 2. The fourth-order valence-electron chi connectivity index (χ4n) is 3.75. The van der Waals surface area contributed by atoms with E-state index < -0.39 is 0 Å². The molecule has 8 heteroatoms. The van der Waals surface area contributed by atoms with Crippen molar-refractivity contribution in [3.8, 4) is 0 Å². The number of hydrogen-bond donors (Lipinski definition) is 3. The number of benzene rings is 2. The van der Waals surface area contributed by atoms with E-state index >= 15 is 0 Å². The molecular weight excluding hydrogens is 481 g/mol. The fourth-order valence-corrected chi connectivity index (χ4v) is 4.00. The number of rotatable bonds is 8. The molecule has 2 aromatic carbocycles. The van der Waals surface area contributed by atoms with Gasteiger partial charge < -0.3 is 15.6 Å². The number of fused-ring (bicyclic) bond motifs is 1. The standard InChI is InChI=1S/C27H21Cl2N5O/c28-19-7-3-17(4-8-19)14-31-24-12-11-22(25(35)23-16-33-26-21(23)2-1-13-30-26)27(34-24)32-15-18-5-9-20(29)10-6-18/h1-13,16H,14-15H2,(H,30,33)(H2,31,32,34). The van der Waals surface area contributed by atoms with E-state index in [1.807, 2.05) is 66.7 Å². The molecule has 3 N–H and O–H groups in total. The highest BCUT2D eigenvalue weighted by molar-refractivity contribution is 6.30. The van der Waals surface area contributed by atoms with Gasteiger partial charge in [-0.05, 0) is 59.7 Å². The van der Waals surface area contributed by atoms with Gasteiger partial charge in [-0.25, -0.2) is 9.97 Å². The molecule has 5 rings (SSSR count). The summed E-state index contributed by atoms with van der Waals surface area (Å²) in [6, 6.07) is 22.4. The lowest BCUT2D eigenvalue weighted by molar-refractivity contribution is 0.104. The van der Waals surface area contributed by atoms with Gasteiger partial charge in [0.05, 0.1) is 5.56 Å². The highest BCUT2D eigenvalue weighted by Gasteiger charge is 2.19. The maximum absolute atomic E-state index is 13.5. The van der Waals surface area contributed by atoms with Crippen LogP contribution in [0.1, 0.15) is 27.0 Å². The zero-order chi connectivity index (χ0) is 24.2. The molecule has 0 saturated heterocycles. The van der Waals surface area contributed by atoms with Crippen molar-refractivity contribution in [2.45, 2.75) is 13.1 Å². The normalized spacial score (nSPS) is 10.9. The van der Waals surface area contributed by atoms with Crippen LogP contribution in [0, 0.1) is 0 Å². The van der Waals surface area contributed by atoms with Gasteiger partial charge in [0.1, 0.15) is 17.3 Å². The topological polar surface area (TPSA) is 82.7 Å². The predicted octanol–water partition coefficient (Wildman–Crippen LogP) is 6.72. The monoisotopic (exact) mass is 501 g/mol. The summed E-state index contributed by atoms with van der Waals surface area (Å²) in [7, 11) is 0. The maximum Gasteiger partial charge on any atom is 0.198 e. The van der Waals surface area contributed by atoms with Gasteiger partial charge in [-0.15, -0.1) is 0 Å². The summed E-state index contributed by atoms with van der Waals surface area (Å²) in [6.45, 7) is 1.06. The molecule has 0 aliphatic heterocycles. The Bertz CT molecular complexity index is 1480. The molecule has 3 aromatic heterocycles. The van der Waals surface area contributed by atoms with Crippen molar-refractivity contribution in [1.29, 1.82) is 0 Å². The zero-order valence-corrected chi connectivity index (χ0v) is 20.1. The summed E-state index contributed by atoms with van der Waals surface area (Å²) in [5.41, 5.74) is 3.77. The molecular formula is C27H21Cl2N5O. The van der Waals surface area contributed by atoms with Crippen LogP contribution < -0.4 is 10.6 Å². The van der Waals surface area contributed by atoms with Crippen LogP contribution in [-0.4, -0.2) is 20.7 Å². The number of H-pyrrole nitrogens is 1. The van der Waals surface area contributed by atoms with E-state index in [0.717, 1.165) is 16.5 Å². The molecule has 0 aliphatic carbocycles. The number of carbonyl (C=O) groups is 1. The zero-order valence-electron chi connectivity index (χ0n) is 18.6. The third-order valence-corrected chi connectivity index (χ3v) is 6.10. The van der Waals surface area contributed by atoms with Gasteiger partial charge in [0.25, 0.3) is 0 Å². The van der Waals surface area contributed by atoms with E-state index in [1.165, 1.54) is 0 Å². The summed E-state index contributed by atoms with van der Waals surface area (Å²) < 4.78 is 0. The van der Waals surface area contributed by atoms with Gasteiger partial charge in [0.2, 0.25) is 0 Å². The summed E-state index contributed by atoms with van der Waals surface area (Å²) in [5.74, 6) is 1.000. The quantitative estimate of drug-likeness (QED) is 0.205. The Hall–Kier alpha value is -3.87. The van der Waals surface area contributed by atoms with Gasteiger partial charge in [-0.3, -0.25) is 4.79 Å². The van der Waals surface area contributed by atoms with E-state index in [0.29, 0.717) is 51.5 Å². The van der Waals surface area contributed by atoms with E-state index in [1.54, 1.807) is 18.5 Å². The summed E-state index contributed by atoms with van der Waals surface area (Å²) in [4.78, 5) is 25.6. The van der Waals surface area contributed by atoms with Gasteiger partial charge in [0, 0.05) is 46.5 Å². The average Bonchev–Trinajstić information content (AvgIpc) is 3.32. The maximum atomic E-state index is 13.5. The molecule has 0 spiro atoms. The molecule has 0 saturated carbocycles. The number of carbonyl (C=O) groups excluding carboxylic acids is 1. The smallest absolute Gasteiger partial charge is 0.198 e. The molecule has 0 radical (unpaired) electrons. The predicted molar refractivity (Wildman–Crippen MR) is 141 cm³/mol. The molecule has 0 amide bonds.